The molecule has 2 bridgehead atoms. The molecule has 0 saturated carbocycles. The van der Waals surface area contributed by atoms with Gasteiger partial charge in [0.05, 0.1) is 10.6 Å². The maximum atomic E-state index is 14.5. The minimum Gasteiger partial charge on any atom is -0.380 e. The number of nitrogens with one attached hydrogen (secondary N) is 3. The van der Waals surface area contributed by atoms with Gasteiger partial charge >= 0.3 is 5.51 Å². The number of piperidine rings is 1. The molecule has 4 fully saturated rings. The van der Waals surface area contributed by atoms with Crippen molar-refractivity contribution in [3.63, 3.8) is 0 Å². The molecule has 5 aliphatic heterocycles. The van der Waals surface area contributed by atoms with Crippen LogP contribution in [-0.2, 0) is 42.5 Å². The third kappa shape index (κ3) is 13.5. The van der Waals surface area contributed by atoms with E-state index in [0.29, 0.717) is 41.9 Å². The Hall–Kier alpha value is -6.27. The Morgan fingerprint density at radius 2 is 1.55 bits per heavy atom. The number of rotatable bonds is 19. The highest BCUT2D eigenvalue weighted by Gasteiger charge is 2.49. The summed E-state index contributed by atoms with van der Waals surface area (Å²) in [6.07, 6.45) is 4.84. The maximum Gasteiger partial charge on any atom is 0.501 e. The number of likely N-dealkylation sites (tertiary alicyclic amines) is 2. The Bertz CT molecular complexity index is 3640. The highest BCUT2D eigenvalue weighted by molar-refractivity contribution is 7.99. The van der Waals surface area contributed by atoms with Gasteiger partial charge in [-0.05, 0) is 139 Å². The summed E-state index contributed by atoms with van der Waals surface area (Å²) < 4.78 is 100. The fourth-order valence-corrected chi connectivity index (χ4v) is 16.1. The van der Waals surface area contributed by atoms with E-state index >= 15 is 0 Å². The predicted molar refractivity (Wildman–Crippen MR) is 321 cm³/mol. The van der Waals surface area contributed by atoms with E-state index in [1.165, 1.54) is 45.5 Å². The van der Waals surface area contributed by atoms with Crippen molar-refractivity contribution < 1.29 is 49.2 Å². The van der Waals surface area contributed by atoms with Gasteiger partial charge in [-0.1, -0.05) is 73.5 Å². The highest BCUT2D eigenvalue weighted by Crippen LogP contribution is 2.44. The summed E-state index contributed by atoms with van der Waals surface area (Å²) in [5.74, 6) is -1.77. The molecule has 0 aromatic heterocycles. The topological polar surface area (TPSA) is 189 Å². The van der Waals surface area contributed by atoms with Crippen molar-refractivity contribution in [3.8, 4) is 0 Å². The van der Waals surface area contributed by atoms with Gasteiger partial charge in [0.15, 0.2) is 0 Å². The Morgan fingerprint density at radius 3 is 2.25 bits per heavy atom. The Kier molecular flexibility index (Phi) is 17.4. The van der Waals surface area contributed by atoms with Gasteiger partial charge in [0, 0.05) is 122 Å². The Balaban J connectivity index is 0.726. The summed E-state index contributed by atoms with van der Waals surface area (Å²) in [4.78, 5) is 60.9. The van der Waals surface area contributed by atoms with Crippen LogP contribution in [0.25, 0.3) is 5.57 Å². The SMILES string of the molecule is CC1(C)CCC(c2ccc(Cl)cc2)=C(CN2CCN(c3ccc(C(=O)NS(=O)(=O)c4ccc(NC(CCN5C[C@@H]6C[C@H]5CN6Cc5ccc6c(c5)CN(C5CCC(=O)NC5=O)C6=O)CSc5ccccc5)c(S(=O)(=O)C(F)(F)F)c4)cc3)CC2)C1. The molecular formula is C62H68ClF3N8O8S3. The average Bonchev–Trinajstić information content (AvgIpc) is 2.61. The number of sulfone groups is 1. The van der Waals surface area contributed by atoms with E-state index < -0.39 is 64.7 Å². The van der Waals surface area contributed by atoms with Crippen LogP contribution in [-0.4, -0.2) is 148 Å². The molecule has 4 amide bonds. The minimum atomic E-state index is -6.14. The number of piperazine rings is 2. The molecule has 4 atom stereocenters. The normalized spacial score (nSPS) is 21.8. The Labute approximate surface area is 503 Å². The summed E-state index contributed by atoms with van der Waals surface area (Å²) in [7, 11) is -11.1. The largest absolute Gasteiger partial charge is 0.501 e. The number of hydrogen-bond acceptors (Lipinski definition) is 14. The molecule has 5 heterocycles. The number of carbonyl (C=O) groups excluding carboxylic acids is 4. The van der Waals surface area contributed by atoms with Gasteiger partial charge in [-0.15, -0.1) is 11.8 Å². The number of benzene rings is 5. The number of amides is 4. The zero-order chi connectivity index (χ0) is 60.0. The van der Waals surface area contributed by atoms with E-state index in [9.17, 15) is 49.2 Å². The van der Waals surface area contributed by atoms with Gasteiger partial charge in [-0.2, -0.15) is 13.2 Å². The summed E-state index contributed by atoms with van der Waals surface area (Å²) in [6.45, 7) is 11.4. The van der Waals surface area contributed by atoms with Crippen LogP contribution < -0.4 is 20.3 Å². The van der Waals surface area contributed by atoms with Crippen molar-refractivity contribution in [3.05, 3.63) is 154 Å². The monoisotopic (exact) mass is 1240 g/mol. The number of hydrogen-bond donors (Lipinski definition) is 3. The molecule has 5 aromatic carbocycles. The number of alkyl halides is 3. The maximum absolute atomic E-state index is 14.5. The number of sulfonamides is 1. The molecule has 1 aliphatic carbocycles. The van der Waals surface area contributed by atoms with Crippen LogP contribution in [0.4, 0.5) is 24.5 Å². The molecule has 85 heavy (non-hydrogen) atoms. The van der Waals surface area contributed by atoms with Crippen molar-refractivity contribution in [2.24, 2.45) is 5.41 Å². The lowest BCUT2D eigenvalue weighted by atomic mass is 9.73. The van der Waals surface area contributed by atoms with Crippen LogP contribution >= 0.6 is 23.4 Å². The minimum absolute atomic E-state index is 0.0222. The lowest BCUT2D eigenvalue weighted by Crippen LogP contribution is -2.52. The number of allylic oxidation sites excluding steroid dienone is 1. The van der Waals surface area contributed by atoms with E-state index in [4.69, 9.17) is 11.6 Å². The smallest absolute Gasteiger partial charge is 0.380 e. The van der Waals surface area contributed by atoms with Crippen LogP contribution in [0.15, 0.2) is 136 Å². The second-order valence-electron chi connectivity index (χ2n) is 23.9. The van der Waals surface area contributed by atoms with E-state index in [0.717, 1.165) is 105 Å². The van der Waals surface area contributed by atoms with Gasteiger partial charge < -0.3 is 15.1 Å². The molecule has 0 radical (unpaired) electrons. The van der Waals surface area contributed by atoms with E-state index in [-0.39, 0.29) is 54.3 Å². The number of carbonyl (C=O) groups is 4. The van der Waals surface area contributed by atoms with Gasteiger partial charge in [-0.25, -0.2) is 21.6 Å². The van der Waals surface area contributed by atoms with E-state index in [1.54, 1.807) is 18.2 Å². The quantitative estimate of drug-likeness (QED) is 0.0524. The first-order valence-electron chi connectivity index (χ1n) is 28.7. The van der Waals surface area contributed by atoms with Gasteiger partial charge in [0.1, 0.15) is 10.9 Å². The molecule has 3 N–H and O–H groups in total. The van der Waals surface area contributed by atoms with Crippen molar-refractivity contribution in [1.82, 2.24) is 29.6 Å². The second-order valence-corrected chi connectivity index (χ2v) is 29.0. The first kappa shape index (κ1) is 60.4. The van der Waals surface area contributed by atoms with Crippen molar-refractivity contribution in [2.45, 2.75) is 116 Å². The van der Waals surface area contributed by atoms with Crippen LogP contribution in [0.3, 0.4) is 0 Å². The number of nitrogens with zero attached hydrogens (tertiary/aromatic N) is 5. The standard InChI is InChI=1S/C62H68ClF3N8O8S3/c1-61(2)24-22-52(41-9-13-45(63)14-10-41)44(33-61)35-70-26-28-71(29-27-70)47-15-11-42(12-16-47)58(76)69-85(81,82)51-17-19-54(56(32-51)84(79,80)62(64,65)66)67-46(39-83-50-6-4-3-5-7-50)23-25-72-37-49-31-48(72)38-73(49)34-40-8-18-53-43(30-40)36-74(60(53)78)55-20-21-57(75)68-59(55)77/h3-19,30,32,46,48-49,55,67H,20-29,31,33-39H2,1-2H3,(H,69,76)(H,68,75,77)/t46?,48-,49-,55?/m0/s1. The van der Waals surface area contributed by atoms with Crippen molar-refractivity contribution >= 4 is 83.8 Å². The lowest BCUT2D eigenvalue weighted by Gasteiger charge is -2.39. The van der Waals surface area contributed by atoms with Gasteiger partial charge in [0.2, 0.25) is 11.8 Å². The number of imide groups is 1. The zero-order valence-corrected chi connectivity index (χ0v) is 50.5. The Morgan fingerprint density at radius 1 is 0.835 bits per heavy atom. The fraction of sp³-hybridized carbons (Fsp3) is 0.419. The highest BCUT2D eigenvalue weighted by atomic mass is 35.5. The zero-order valence-electron chi connectivity index (χ0n) is 47.2. The summed E-state index contributed by atoms with van der Waals surface area (Å²) >= 11 is 7.65. The number of halogens is 4. The van der Waals surface area contributed by atoms with Crippen LogP contribution in [0.5, 0.6) is 0 Å². The third-order valence-electron chi connectivity index (χ3n) is 17.5. The molecule has 16 nitrogen and oxygen atoms in total. The average molecular weight is 1240 g/mol. The number of anilines is 2. The lowest BCUT2D eigenvalue weighted by molar-refractivity contribution is -0.136. The van der Waals surface area contributed by atoms with Crippen molar-refractivity contribution in [2.75, 3.05) is 68.3 Å². The molecule has 5 aromatic rings. The molecule has 11 rings (SSSR count). The molecular weight excluding hydrogens is 1170 g/mol. The molecule has 0 spiro atoms. The number of thioether (sulfide) groups is 1. The molecule has 6 aliphatic rings. The number of fused-ring (bicyclic) bond motifs is 3. The third-order valence-corrected chi connectivity index (χ3v) is 21.8. The van der Waals surface area contributed by atoms with Gasteiger partial charge in [0.25, 0.3) is 31.7 Å². The summed E-state index contributed by atoms with van der Waals surface area (Å²) in [6, 6.07) is 31.1. The molecule has 450 valence electrons. The first-order valence-corrected chi connectivity index (χ1v) is 33.1. The second kappa shape index (κ2) is 24.5. The van der Waals surface area contributed by atoms with Crippen molar-refractivity contribution in [1.29, 1.82) is 0 Å². The first-order chi connectivity index (χ1) is 40.5. The van der Waals surface area contributed by atoms with Crippen LogP contribution in [0, 0.1) is 5.41 Å². The molecule has 2 unspecified atom stereocenters. The van der Waals surface area contributed by atoms with E-state index in [1.807, 2.05) is 59.3 Å². The van der Waals surface area contributed by atoms with Crippen LogP contribution in [0.1, 0.15) is 96.2 Å². The predicted octanol–water partition coefficient (Wildman–Crippen LogP) is 9.22. The molecule has 23 heteroatoms. The fourth-order valence-electron chi connectivity index (χ4n) is 12.9. The van der Waals surface area contributed by atoms with E-state index in [2.05, 4.69) is 56.2 Å². The van der Waals surface area contributed by atoms with Gasteiger partial charge in [-0.3, -0.25) is 39.2 Å². The van der Waals surface area contributed by atoms with Crippen LogP contribution in [0.2, 0.25) is 5.02 Å². The summed E-state index contributed by atoms with van der Waals surface area (Å²) in [5, 5.41) is 6.11. The molecule has 4 saturated heterocycles. The summed E-state index contributed by atoms with van der Waals surface area (Å²) in [5.41, 5.74) is 1.20.